The largest absolute Gasteiger partial charge is 0.454 e. The smallest absolute Gasteiger partial charge is 0.167 e. The maximum absolute atomic E-state index is 13.6. The molecule has 0 spiro atoms. The van der Waals surface area contributed by atoms with E-state index in [1.165, 1.54) is 24.3 Å². The van der Waals surface area contributed by atoms with Crippen LogP contribution in [0.15, 0.2) is 40.9 Å². The van der Waals surface area contributed by atoms with Gasteiger partial charge in [-0.1, -0.05) is 12.1 Å². The summed E-state index contributed by atoms with van der Waals surface area (Å²) in [6.07, 6.45) is 0. The zero-order chi connectivity index (χ0) is 13.1. The quantitative estimate of drug-likeness (QED) is 0.696. The van der Waals surface area contributed by atoms with Crippen LogP contribution in [0.4, 0.5) is 8.78 Å². The van der Waals surface area contributed by atoms with Crippen LogP contribution >= 0.6 is 27.5 Å². The molecule has 0 aliphatic heterocycles. The van der Waals surface area contributed by atoms with E-state index in [1.54, 1.807) is 12.1 Å². The number of hydrogen-bond acceptors (Lipinski definition) is 1. The van der Waals surface area contributed by atoms with E-state index in [1.807, 2.05) is 0 Å². The number of halogens is 4. The van der Waals surface area contributed by atoms with Gasteiger partial charge in [0.05, 0.1) is 10.4 Å². The van der Waals surface area contributed by atoms with Gasteiger partial charge in [-0.15, -0.1) is 11.6 Å². The predicted molar refractivity (Wildman–Crippen MR) is 70.1 cm³/mol. The van der Waals surface area contributed by atoms with Crippen LogP contribution in [-0.4, -0.2) is 0 Å². The van der Waals surface area contributed by atoms with Crippen LogP contribution in [0.1, 0.15) is 5.56 Å². The van der Waals surface area contributed by atoms with E-state index in [0.29, 0.717) is 10.0 Å². The van der Waals surface area contributed by atoms with E-state index in [4.69, 9.17) is 16.3 Å². The number of para-hydroxylation sites is 1. The minimum absolute atomic E-state index is 0.0224. The number of hydrogen-bond donors (Lipinski definition) is 0. The van der Waals surface area contributed by atoms with Crippen molar-refractivity contribution < 1.29 is 13.5 Å². The van der Waals surface area contributed by atoms with Crippen LogP contribution in [-0.2, 0) is 5.88 Å². The highest BCUT2D eigenvalue weighted by Crippen LogP contribution is 2.31. The molecule has 2 aromatic rings. The van der Waals surface area contributed by atoms with Gasteiger partial charge in [0.2, 0.25) is 0 Å². The molecule has 0 saturated heterocycles. The summed E-state index contributed by atoms with van der Waals surface area (Å²) in [6.45, 7) is 0. The van der Waals surface area contributed by atoms with E-state index in [-0.39, 0.29) is 17.4 Å². The fourth-order valence-corrected chi connectivity index (χ4v) is 1.89. The van der Waals surface area contributed by atoms with Crippen LogP contribution in [0, 0.1) is 11.6 Å². The van der Waals surface area contributed by atoms with Gasteiger partial charge in [0, 0.05) is 11.6 Å². The lowest BCUT2D eigenvalue weighted by molar-refractivity contribution is 0.434. The van der Waals surface area contributed by atoms with Crippen molar-refractivity contribution in [2.75, 3.05) is 0 Å². The minimum atomic E-state index is -0.531. The molecular formula is C13H8BrClF2O. The van der Waals surface area contributed by atoms with E-state index in [9.17, 15) is 8.78 Å². The van der Waals surface area contributed by atoms with Gasteiger partial charge in [-0.3, -0.25) is 0 Å². The van der Waals surface area contributed by atoms with Gasteiger partial charge >= 0.3 is 0 Å². The second-order valence-corrected chi connectivity index (χ2v) is 4.66. The number of rotatable bonds is 3. The fraction of sp³-hybridized carbons (Fsp3) is 0.0769. The summed E-state index contributed by atoms with van der Waals surface area (Å²) in [5.74, 6) is -0.652. The molecule has 0 atom stereocenters. The standard InChI is InChI=1S/C13H8BrClF2O/c14-10-5-4-9(6-12(10)17)18-13-8(7-15)2-1-3-11(13)16/h1-6H,7H2. The highest BCUT2D eigenvalue weighted by Gasteiger charge is 2.11. The molecule has 0 aliphatic rings. The molecule has 0 N–H and O–H groups in total. The third kappa shape index (κ3) is 2.82. The summed E-state index contributed by atoms with van der Waals surface area (Å²) < 4.78 is 32.6. The monoisotopic (exact) mass is 332 g/mol. The Morgan fingerprint density at radius 2 is 1.89 bits per heavy atom. The molecule has 0 saturated carbocycles. The van der Waals surface area contributed by atoms with Crippen molar-refractivity contribution in [2.24, 2.45) is 0 Å². The van der Waals surface area contributed by atoms with Crippen LogP contribution < -0.4 is 4.74 Å². The molecule has 5 heteroatoms. The SMILES string of the molecule is Fc1cc(Oc2c(F)cccc2CCl)ccc1Br. The number of benzene rings is 2. The zero-order valence-electron chi connectivity index (χ0n) is 9.09. The second kappa shape index (κ2) is 5.67. The molecule has 0 fully saturated rings. The lowest BCUT2D eigenvalue weighted by atomic mass is 10.2. The Morgan fingerprint density at radius 1 is 1.11 bits per heavy atom. The topological polar surface area (TPSA) is 9.23 Å². The van der Waals surface area contributed by atoms with Crippen molar-refractivity contribution in [1.29, 1.82) is 0 Å². The van der Waals surface area contributed by atoms with Crippen molar-refractivity contribution in [3.8, 4) is 11.5 Å². The van der Waals surface area contributed by atoms with Crippen molar-refractivity contribution in [3.63, 3.8) is 0 Å². The van der Waals surface area contributed by atoms with Gasteiger partial charge < -0.3 is 4.74 Å². The molecule has 2 rings (SSSR count). The molecule has 0 heterocycles. The Morgan fingerprint density at radius 3 is 2.56 bits per heavy atom. The normalized spacial score (nSPS) is 10.4. The van der Waals surface area contributed by atoms with Crippen molar-refractivity contribution in [2.45, 2.75) is 5.88 Å². The van der Waals surface area contributed by atoms with Crippen LogP contribution in [0.2, 0.25) is 0 Å². The fourth-order valence-electron chi connectivity index (χ4n) is 1.43. The Hall–Kier alpha value is -1.13. The number of ether oxygens (including phenoxy) is 1. The van der Waals surface area contributed by atoms with Gasteiger partial charge in [-0.05, 0) is 34.1 Å². The lowest BCUT2D eigenvalue weighted by Crippen LogP contribution is -1.94. The molecular weight excluding hydrogens is 325 g/mol. The summed E-state index contributed by atoms with van der Waals surface area (Å²) in [7, 11) is 0. The first kappa shape index (κ1) is 13.3. The summed E-state index contributed by atoms with van der Waals surface area (Å²) in [5.41, 5.74) is 0.514. The van der Waals surface area contributed by atoms with Crippen LogP contribution in [0.3, 0.4) is 0 Å². The Kier molecular flexibility index (Phi) is 4.19. The first-order valence-corrected chi connectivity index (χ1v) is 6.41. The van der Waals surface area contributed by atoms with Crippen LogP contribution in [0.25, 0.3) is 0 Å². The minimum Gasteiger partial charge on any atom is -0.454 e. The van der Waals surface area contributed by atoms with E-state index < -0.39 is 11.6 Å². The lowest BCUT2D eigenvalue weighted by Gasteiger charge is -2.10. The second-order valence-electron chi connectivity index (χ2n) is 3.54. The third-order valence-corrected chi connectivity index (χ3v) is 3.23. The first-order chi connectivity index (χ1) is 8.61. The summed E-state index contributed by atoms with van der Waals surface area (Å²) in [5, 5.41) is 0. The maximum atomic E-state index is 13.6. The molecule has 0 aromatic heterocycles. The maximum Gasteiger partial charge on any atom is 0.167 e. The van der Waals surface area contributed by atoms with Gasteiger partial charge in [0.15, 0.2) is 11.6 Å². The average Bonchev–Trinajstić information content (AvgIpc) is 2.36. The summed E-state index contributed by atoms with van der Waals surface area (Å²) in [4.78, 5) is 0. The highest BCUT2D eigenvalue weighted by molar-refractivity contribution is 9.10. The molecule has 0 bridgehead atoms. The Bertz CT molecular complexity index is 575. The third-order valence-electron chi connectivity index (χ3n) is 2.30. The number of alkyl halides is 1. The molecule has 2 aromatic carbocycles. The molecule has 0 radical (unpaired) electrons. The van der Waals surface area contributed by atoms with Gasteiger partial charge in [0.1, 0.15) is 11.6 Å². The van der Waals surface area contributed by atoms with Gasteiger partial charge in [0.25, 0.3) is 0 Å². The molecule has 0 amide bonds. The van der Waals surface area contributed by atoms with Crippen molar-refractivity contribution in [3.05, 3.63) is 58.1 Å². The Labute approximate surface area is 116 Å². The highest BCUT2D eigenvalue weighted by atomic mass is 79.9. The average molecular weight is 334 g/mol. The van der Waals surface area contributed by atoms with E-state index >= 15 is 0 Å². The molecule has 1 nitrogen and oxygen atoms in total. The van der Waals surface area contributed by atoms with Crippen molar-refractivity contribution in [1.82, 2.24) is 0 Å². The van der Waals surface area contributed by atoms with Crippen LogP contribution in [0.5, 0.6) is 11.5 Å². The molecule has 0 unspecified atom stereocenters. The van der Waals surface area contributed by atoms with Gasteiger partial charge in [-0.25, -0.2) is 8.78 Å². The molecule has 0 aliphatic carbocycles. The summed E-state index contributed by atoms with van der Waals surface area (Å²) in [6, 6.07) is 8.67. The van der Waals surface area contributed by atoms with Gasteiger partial charge in [-0.2, -0.15) is 0 Å². The summed E-state index contributed by atoms with van der Waals surface area (Å²) >= 11 is 8.73. The Balaban J connectivity index is 2.36. The van der Waals surface area contributed by atoms with E-state index in [0.717, 1.165) is 0 Å². The molecule has 94 valence electrons. The first-order valence-electron chi connectivity index (χ1n) is 5.08. The van der Waals surface area contributed by atoms with Crippen molar-refractivity contribution >= 4 is 27.5 Å². The van der Waals surface area contributed by atoms with E-state index in [2.05, 4.69) is 15.9 Å². The zero-order valence-corrected chi connectivity index (χ0v) is 11.4. The predicted octanol–water partition coefficient (Wildman–Crippen LogP) is 5.26. The molecule has 18 heavy (non-hydrogen) atoms.